The van der Waals surface area contributed by atoms with Crippen LogP contribution in [0.3, 0.4) is 0 Å². The van der Waals surface area contributed by atoms with Crippen molar-refractivity contribution in [3.63, 3.8) is 0 Å². The normalized spacial score (nSPS) is 15.6. The number of halogens is 1. The van der Waals surface area contributed by atoms with Crippen molar-refractivity contribution < 1.29 is 9.59 Å². The van der Waals surface area contributed by atoms with E-state index in [4.69, 9.17) is 0 Å². The molecular weight excluding hydrogens is 372 g/mol. The van der Waals surface area contributed by atoms with E-state index >= 15 is 0 Å². The fourth-order valence-corrected chi connectivity index (χ4v) is 3.56. The highest BCUT2D eigenvalue weighted by Gasteiger charge is 2.14. The molecular formula is C18H29ClN4O2S. The Hall–Kier alpha value is -1.28. The van der Waals surface area contributed by atoms with Crippen LogP contribution in [-0.4, -0.2) is 61.2 Å². The second-order valence-corrected chi connectivity index (χ2v) is 7.62. The van der Waals surface area contributed by atoms with Crippen LogP contribution in [0.4, 0.5) is 5.69 Å². The molecule has 3 N–H and O–H groups in total. The Balaban J connectivity index is 0.00000338. The van der Waals surface area contributed by atoms with Crippen LogP contribution in [0.25, 0.3) is 0 Å². The lowest BCUT2D eigenvalue weighted by atomic mass is 10.3. The average Bonchev–Trinajstić information content (AvgIpc) is 2.60. The summed E-state index contributed by atoms with van der Waals surface area (Å²) >= 11 is 1.52. The lowest BCUT2D eigenvalue weighted by Crippen LogP contribution is -2.44. The van der Waals surface area contributed by atoms with Crippen molar-refractivity contribution in [2.24, 2.45) is 0 Å². The number of hydrogen-bond acceptors (Lipinski definition) is 5. The van der Waals surface area contributed by atoms with Gasteiger partial charge in [0.1, 0.15) is 0 Å². The topological polar surface area (TPSA) is 73.5 Å². The van der Waals surface area contributed by atoms with E-state index in [9.17, 15) is 9.59 Å². The average molecular weight is 401 g/mol. The summed E-state index contributed by atoms with van der Waals surface area (Å²) in [5, 5.41) is 8.95. The van der Waals surface area contributed by atoms with Gasteiger partial charge in [0.25, 0.3) is 0 Å². The molecule has 0 radical (unpaired) electrons. The summed E-state index contributed by atoms with van der Waals surface area (Å²) in [6, 6.07) is 7.54. The second-order valence-electron chi connectivity index (χ2n) is 6.20. The van der Waals surface area contributed by atoms with Crippen molar-refractivity contribution in [1.29, 1.82) is 0 Å². The van der Waals surface area contributed by atoms with Crippen molar-refractivity contribution in [3.05, 3.63) is 24.3 Å². The Kier molecular flexibility index (Phi) is 10.7. The summed E-state index contributed by atoms with van der Waals surface area (Å²) in [5.74, 6) is -0.0230. The molecule has 0 aliphatic carbocycles. The van der Waals surface area contributed by atoms with Crippen LogP contribution < -0.4 is 16.0 Å². The summed E-state index contributed by atoms with van der Waals surface area (Å²) in [6.07, 6.45) is 0.981. The molecule has 0 saturated carbocycles. The highest BCUT2D eigenvalue weighted by atomic mass is 35.5. The number of benzene rings is 1. The van der Waals surface area contributed by atoms with Crippen LogP contribution in [0.5, 0.6) is 0 Å². The number of nitrogens with one attached hydrogen (secondary N) is 3. The molecule has 1 atom stereocenters. The zero-order valence-electron chi connectivity index (χ0n) is 15.4. The first-order valence-corrected chi connectivity index (χ1v) is 9.67. The van der Waals surface area contributed by atoms with Crippen LogP contribution in [-0.2, 0) is 9.59 Å². The number of hydrogen-bond donors (Lipinski definition) is 3. The minimum atomic E-state index is -0.147. The van der Waals surface area contributed by atoms with Gasteiger partial charge in [0.05, 0.1) is 5.25 Å². The van der Waals surface area contributed by atoms with Crippen LogP contribution in [0, 0.1) is 0 Å². The van der Waals surface area contributed by atoms with Gasteiger partial charge in [-0.05, 0) is 44.2 Å². The summed E-state index contributed by atoms with van der Waals surface area (Å²) in [5.41, 5.74) is 0.766. The van der Waals surface area contributed by atoms with E-state index in [1.54, 1.807) is 0 Å². The summed E-state index contributed by atoms with van der Waals surface area (Å²) in [6.45, 7) is 9.45. The maximum Gasteiger partial charge on any atom is 0.233 e. The van der Waals surface area contributed by atoms with Crippen molar-refractivity contribution in [1.82, 2.24) is 15.5 Å². The molecule has 0 spiro atoms. The minimum Gasteiger partial charge on any atom is -0.355 e. The van der Waals surface area contributed by atoms with E-state index in [2.05, 4.69) is 20.9 Å². The number of carbonyl (C=O) groups is 2. The van der Waals surface area contributed by atoms with Gasteiger partial charge in [0.15, 0.2) is 0 Å². The van der Waals surface area contributed by atoms with Crippen LogP contribution in [0.1, 0.15) is 20.3 Å². The highest BCUT2D eigenvalue weighted by molar-refractivity contribution is 8.00. The van der Waals surface area contributed by atoms with E-state index in [1.165, 1.54) is 18.7 Å². The maximum absolute atomic E-state index is 12.2. The van der Waals surface area contributed by atoms with Crippen molar-refractivity contribution in [2.75, 3.05) is 44.6 Å². The minimum absolute atomic E-state index is 0. The lowest BCUT2D eigenvalue weighted by molar-refractivity contribution is -0.120. The molecule has 6 nitrogen and oxygen atoms in total. The van der Waals surface area contributed by atoms with Gasteiger partial charge >= 0.3 is 0 Å². The Labute approximate surface area is 166 Å². The van der Waals surface area contributed by atoms with E-state index in [1.807, 2.05) is 31.2 Å². The van der Waals surface area contributed by atoms with E-state index < -0.39 is 0 Å². The monoisotopic (exact) mass is 400 g/mol. The molecule has 1 aromatic rings. The fraction of sp³-hybridized carbons (Fsp3) is 0.556. The smallest absolute Gasteiger partial charge is 0.233 e. The van der Waals surface area contributed by atoms with E-state index in [0.717, 1.165) is 56.3 Å². The maximum atomic E-state index is 12.2. The Morgan fingerprint density at radius 1 is 1.23 bits per heavy atom. The first kappa shape index (κ1) is 22.8. The summed E-state index contributed by atoms with van der Waals surface area (Å²) in [4.78, 5) is 26.7. The van der Waals surface area contributed by atoms with E-state index in [-0.39, 0.29) is 29.5 Å². The number of carbonyl (C=O) groups excluding carboxylic acids is 2. The quantitative estimate of drug-likeness (QED) is 0.459. The molecule has 2 rings (SSSR count). The molecule has 0 aromatic heterocycles. The highest BCUT2D eigenvalue weighted by Crippen LogP contribution is 2.24. The molecule has 146 valence electrons. The first-order valence-electron chi connectivity index (χ1n) is 8.79. The predicted octanol–water partition coefficient (Wildman–Crippen LogP) is 1.96. The summed E-state index contributed by atoms with van der Waals surface area (Å²) in [7, 11) is 0. The van der Waals surface area contributed by atoms with Crippen molar-refractivity contribution in [2.45, 2.75) is 30.4 Å². The molecule has 1 heterocycles. The van der Waals surface area contributed by atoms with E-state index in [0.29, 0.717) is 0 Å². The van der Waals surface area contributed by atoms with Crippen LogP contribution in [0.15, 0.2) is 29.2 Å². The molecule has 2 amide bonds. The third-order valence-electron chi connectivity index (χ3n) is 4.02. The lowest BCUT2D eigenvalue weighted by Gasteiger charge is -2.27. The Morgan fingerprint density at radius 2 is 1.88 bits per heavy atom. The number of piperazine rings is 1. The third kappa shape index (κ3) is 8.40. The predicted molar refractivity (Wildman–Crippen MR) is 110 cm³/mol. The van der Waals surface area contributed by atoms with Gasteiger partial charge in [-0.2, -0.15) is 0 Å². The molecule has 1 aliphatic rings. The first-order chi connectivity index (χ1) is 12.0. The number of nitrogens with zero attached hydrogens (tertiary/aromatic N) is 1. The number of rotatable bonds is 8. The Bertz CT molecular complexity index is 565. The van der Waals surface area contributed by atoms with Gasteiger partial charge < -0.3 is 20.9 Å². The standard InChI is InChI=1S/C18H28N4O2S.ClH/c1-14(25-17-6-4-16(5-7-17)21-15(2)23)18(24)20-8-3-11-22-12-9-19-10-13-22;/h4-7,14,19H,3,8-13H2,1-2H3,(H,20,24)(H,21,23);1H. The van der Waals surface area contributed by atoms with Gasteiger partial charge in [0, 0.05) is 50.2 Å². The van der Waals surface area contributed by atoms with Crippen molar-refractivity contribution >= 4 is 41.7 Å². The largest absolute Gasteiger partial charge is 0.355 e. The molecule has 1 aliphatic heterocycles. The molecule has 1 saturated heterocycles. The van der Waals surface area contributed by atoms with Gasteiger partial charge in [-0.25, -0.2) is 0 Å². The molecule has 1 aromatic carbocycles. The molecule has 8 heteroatoms. The fourth-order valence-electron chi connectivity index (χ4n) is 2.67. The van der Waals surface area contributed by atoms with Gasteiger partial charge in [-0.15, -0.1) is 24.2 Å². The molecule has 0 bridgehead atoms. The van der Waals surface area contributed by atoms with Crippen molar-refractivity contribution in [3.8, 4) is 0 Å². The Morgan fingerprint density at radius 3 is 2.50 bits per heavy atom. The second kappa shape index (κ2) is 12.2. The van der Waals surface area contributed by atoms with Crippen LogP contribution >= 0.6 is 24.2 Å². The zero-order chi connectivity index (χ0) is 18.1. The molecule has 26 heavy (non-hydrogen) atoms. The van der Waals surface area contributed by atoms with Gasteiger partial charge in [-0.1, -0.05) is 0 Å². The zero-order valence-corrected chi connectivity index (χ0v) is 17.0. The number of thioether (sulfide) groups is 1. The third-order valence-corrected chi connectivity index (χ3v) is 5.13. The van der Waals surface area contributed by atoms with Gasteiger partial charge in [-0.3, -0.25) is 9.59 Å². The van der Waals surface area contributed by atoms with Gasteiger partial charge in [0.2, 0.25) is 11.8 Å². The number of amides is 2. The molecule has 1 unspecified atom stereocenters. The SMILES string of the molecule is CC(=O)Nc1ccc(SC(C)C(=O)NCCCN2CCNCC2)cc1.Cl. The molecule has 1 fully saturated rings. The number of anilines is 1. The van der Waals surface area contributed by atoms with Crippen LogP contribution in [0.2, 0.25) is 0 Å². The summed E-state index contributed by atoms with van der Waals surface area (Å²) < 4.78 is 0.